The molecule has 1 atom stereocenters. The number of hydrogen-bond donors (Lipinski definition) is 1. The molecule has 0 spiro atoms. The number of hydrogen-bond acceptors (Lipinski definition) is 4. The van der Waals surface area contributed by atoms with Gasteiger partial charge in [-0.15, -0.1) is 0 Å². The number of hydrazone groups is 1. The molecule has 1 N–H and O–H groups in total. The van der Waals surface area contributed by atoms with Gasteiger partial charge in [0.1, 0.15) is 0 Å². The lowest BCUT2D eigenvalue weighted by Gasteiger charge is -2.15. The summed E-state index contributed by atoms with van der Waals surface area (Å²) in [5.74, 6) is 1.47. The second-order valence-electron chi connectivity index (χ2n) is 5.77. The molecule has 0 saturated heterocycles. The number of nitrogens with zero attached hydrogens (tertiary/aromatic N) is 1. The molecule has 5 heteroatoms. The minimum Gasteiger partial charge on any atom is -0.493 e. The van der Waals surface area contributed by atoms with Crippen molar-refractivity contribution in [3.8, 4) is 11.5 Å². The van der Waals surface area contributed by atoms with E-state index in [9.17, 15) is 0 Å². The van der Waals surface area contributed by atoms with Gasteiger partial charge in [-0.2, -0.15) is 5.10 Å². The molecule has 0 fully saturated rings. The highest BCUT2D eigenvalue weighted by molar-refractivity contribution is 9.10. The van der Waals surface area contributed by atoms with Crippen LogP contribution in [0.5, 0.6) is 11.5 Å². The fourth-order valence-corrected chi connectivity index (χ4v) is 3.17. The Bertz CT molecular complexity index is 757. The lowest BCUT2D eigenvalue weighted by Crippen LogP contribution is -2.25. The molecule has 0 bridgehead atoms. The van der Waals surface area contributed by atoms with Crippen molar-refractivity contribution in [3.05, 3.63) is 57.6 Å². The second kappa shape index (κ2) is 7.26. The number of fused-ring (bicyclic) bond motifs is 1. The topological polar surface area (TPSA) is 42.9 Å². The van der Waals surface area contributed by atoms with Gasteiger partial charge in [-0.05, 0) is 42.7 Å². The lowest BCUT2D eigenvalue weighted by molar-refractivity contribution is 0.354. The van der Waals surface area contributed by atoms with Gasteiger partial charge in [0.05, 0.1) is 19.9 Å². The van der Waals surface area contributed by atoms with Gasteiger partial charge in [0.2, 0.25) is 0 Å². The van der Waals surface area contributed by atoms with E-state index < -0.39 is 0 Å². The van der Waals surface area contributed by atoms with Crippen molar-refractivity contribution in [1.29, 1.82) is 0 Å². The van der Waals surface area contributed by atoms with Gasteiger partial charge in [0, 0.05) is 21.6 Å². The van der Waals surface area contributed by atoms with Crippen LogP contribution < -0.4 is 14.9 Å². The molecule has 2 aromatic rings. The molecule has 2 aromatic carbocycles. The zero-order valence-electron chi connectivity index (χ0n) is 14.1. The molecule has 126 valence electrons. The standard InChI is InChI=1S/C19H21BrN2O2/c1-4-15-9-13-10-17(23-2)18(24-3)11-16(13)19(22-21-15)12-5-7-14(20)8-6-12/h5-8,10-11,15,21H,4,9H2,1-3H3. The molecule has 0 aliphatic carbocycles. The fraction of sp³-hybridized carbons (Fsp3) is 0.316. The third-order valence-electron chi connectivity index (χ3n) is 4.30. The van der Waals surface area contributed by atoms with Crippen LogP contribution in [0.3, 0.4) is 0 Å². The highest BCUT2D eigenvalue weighted by Crippen LogP contribution is 2.33. The van der Waals surface area contributed by atoms with E-state index >= 15 is 0 Å². The fourth-order valence-electron chi connectivity index (χ4n) is 2.90. The average Bonchev–Trinajstić information content (AvgIpc) is 2.79. The van der Waals surface area contributed by atoms with E-state index in [1.165, 1.54) is 5.56 Å². The molecule has 3 rings (SSSR count). The molecule has 1 aliphatic rings. The summed E-state index contributed by atoms with van der Waals surface area (Å²) >= 11 is 3.49. The Morgan fingerprint density at radius 3 is 2.42 bits per heavy atom. The lowest BCUT2D eigenvalue weighted by atomic mass is 9.93. The number of nitrogens with one attached hydrogen (secondary N) is 1. The van der Waals surface area contributed by atoms with Crippen molar-refractivity contribution < 1.29 is 9.47 Å². The maximum absolute atomic E-state index is 5.49. The molecule has 24 heavy (non-hydrogen) atoms. The largest absolute Gasteiger partial charge is 0.493 e. The van der Waals surface area contributed by atoms with Crippen LogP contribution in [0, 0.1) is 0 Å². The summed E-state index contributed by atoms with van der Waals surface area (Å²) in [6.07, 6.45) is 1.90. The Morgan fingerprint density at radius 2 is 1.79 bits per heavy atom. The summed E-state index contributed by atoms with van der Waals surface area (Å²) in [6.45, 7) is 2.16. The molecule has 1 unspecified atom stereocenters. The van der Waals surface area contributed by atoms with E-state index in [4.69, 9.17) is 14.6 Å². The summed E-state index contributed by atoms with van der Waals surface area (Å²) in [6, 6.07) is 12.6. The zero-order valence-corrected chi connectivity index (χ0v) is 15.7. The van der Waals surface area contributed by atoms with Crippen LogP contribution in [-0.2, 0) is 6.42 Å². The molecule has 0 radical (unpaired) electrons. The third kappa shape index (κ3) is 3.26. The number of rotatable bonds is 4. The number of halogens is 1. The minimum atomic E-state index is 0.301. The smallest absolute Gasteiger partial charge is 0.161 e. The van der Waals surface area contributed by atoms with Gasteiger partial charge in [-0.25, -0.2) is 0 Å². The Kier molecular flexibility index (Phi) is 5.09. The van der Waals surface area contributed by atoms with Crippen LogP contribution in [0.15, 0.2) is 46.0 Å². The van der Waals surface area contributed by atoms with E-state index in [0.29, 0.717) is 6.04 Å². The van der Waals surface area contributed by atoms with Crippen molar-refractivity contribution in [2.24, 2.45) is 5.10 Å². The van der Waals surface area contributed by atoms with Crippen molar-refractivity contribution in [2.75, 3.05) is 14.2 Å². The SMILES string of the molecule is CCC1Cc2cc(OC)c(OC)cc2C(c2ccc(Br)cc2)=NN1. The van der Waals surface area contributed by atoms with E-state index in [1.807, 2.05) is 18.2 Å². The number of benzene rings is 2. The van der Waals surface area contributed by atoms with Gasteiger partial charge in [0.15, 0.2) is 11.5 Å². The summed E-state index contributed by atoms with van der Waals surface area (Å²) in [5, 5.41) is 4.70. The van der Waals surface area contributed by atoms with Gasteiger partial charge >= 0.3 is 0 Å². The molecule has 1 heterocycles. The minimum absolute atomic E-state index is 0.301. The molecule has 0 amide bonds. The van der Waals surface area contributed by atoms with Gasteiger partial charge in [0.25, 0.3) is 0 Å². The first-order valence-electron chi connectivity index (χ1n) is 8.00. The van der Waals surface area contributed by atoms with Crippen LogP contribution in [0.1, 0.15) is 30.0 Å². The Morgan fingerprint density at radius 1 is 1.12 bits per heavy atom. The maximum atomic E-state index is 5.49. The molecular weight excluding hydrogens is 368 g/mol. The molecule has 4 nitrogen and oxygen atoms in total. The van der Waals surface area contributed by atoms with Crippen molar-refractivity contribution in [2.45, 2.75) is 25.8 Å². The predicted octanol–water partition coefficient (Wildman–Crippen LogP) is 4.14. The quantitative estimate of drug-likeness (QED) is 0.855. The first-order chi connectivity index (χ1) is 11.7. The highest BCUT2D eigenvalue weighted by atomic mass is 79.9. The van der Waals surface area contributed by atoms with E-state index in [1.54, 1.807) is 14.2 Å². The summed E-state index contributed by atoms with van der Waals surface area (Å²) < 4.78 is 12.0. The summed E-state index contributed by atoms with van der Waals surface area (Å²) in [5.41, 5.74) is 7.60. The van der Waals surface area contributed by atoms with Crippen LogP contribution >= 0.6 is 15.9 Å². The molecular formula is C19H21BrN2O2. The van der Waals surface area contributed by atoms with E-state index in [0.717, 1.165) is 45.7 Å². The maximum Gasteiger partial charge on any atom is 0.161 e. The Labute approximate surface area is 151 Å². The van der Waals surface area contributed by atoms with E-state index in [2.05, 4.69) is 46.5 Å². The molecule has 0 aromatic heterocycles. The zero-order chi connectivity index (χ0) is 17.1. The number of methoxy groups -OCH3 is 2. The van der Waals surface area contributed by atoms with Gasteiger partial charge < -0.3 is 14.9 Å². The van der Waals surface area contributed by atoms with Gasteiger partial charge in [-0.3, -0.25) is 0 Å². The first-order valence-corrected chi connectivity index (χ1v) is 8.80. The third-order valence-corrected chi connectivity index (χ3v) is 4.83. The Hall–Kier alpha value is -2.01. The van der Waals surface area contributed by atoms with Crippen LogP contribution in [0.4, 0.5) is 0 Å². The predicted molar refractivity (Wildman–Crippen MR) is 100 cm³/mol. The normalized spacial score (nSPS) is 16.5. The summed E-state index contributed by atoms with van der Waals surface area (Å²) in [4.78, 5) is 0. The van der Waals surface area contributed by atoms with E-state index in [-0.39, 0.29) is 0 Å². The van der Waals surface area contributed by atoms with Gasteiger partial charge in [-0.1, -0.05) is 35.0 Å². The van der Waals surface area contributed by atoms with Crippen molar-refractivity contribution in [3.63, 3.8) is 0 Å². The monoisotopic (exact) mass is 388 g/mol. The van der Waals surface area contributed by atoms with Crippen LogP contribution in [-0.4, -0.2) is 26.0 Å². The van der Waals surface area contributed by atoms with Crippen LogP contribution in [0.2, 0.25) is 0 Å². The Balaban J connectivity index is 2.16. The molecule has 0 saturated carbocycles. The highest BCUT2D eigenvalue weighted by Gasteiger charge is 2.22. The summed E-state index contributed by atoms with van der Waals surface area (Å²) in [7, 11) is 3.32. The first kappa shape index (κ1) is 16.8. The van der Waals surface area contributed by atoms with Crippen molar-refractivity contribution >= 4 is 21.6 Å². The second-order valence-corrected chi connectivity index (χ2v) is 6.69. The van der Waals surface area contributed by atoms with Crippen molar-refractivity contribution in [1.82, 2.24) is 5.43 Å². The number of ether oxygens (including phenoxy) is 2. The van der Waals surface area contributed by atoms with Crippen LogP contribution in [0.25, 0.3) is 0 Å². The average molecular weight is 389 g/mol. The molecule has 1 aliphatic heterocycles.